The van der Waals surface area contributed by atoms with Gasteiger partial charge in [-0.3, -0.25) is 27.8 Å². The van der Waals surface area contributed by atoms with Crippen LogP contribution in [0.15, 0.2) is 191 Å². The van der Waals surface area contributed by atoms with Gasteiger partial charge in [0.1, 0.15) is 47.4 Å². The summed E-state index contributed by atoms with van der Waals surface area (Å²) in [5, 5.41) is 17.7. The number of carboxylic acids is 1. The first kappa shape index (κ1) is 68.1. The Morgan fingerprint density at radius 2 is 0.904 bits per heavy atom. The van der Waals surface area contributed by atoms with Gasteiger partial charge < -0.3 is 43.9 Å². The summed E-state index contributed by atoms with van der Waals surface area (Å²) in [6, 6.07) is 51.7. The van der Waals surface area contributed by atoms with Crippen LogP contribution in [-0.2, 0) is 47.5 Å². The van der Waals surface area contributed by atoms with Crippen LogP contribution in [0.1, 0.15) is 27.6 Å². The van der Waals surface area contributed by atoms with Crippen molar-refractivity contribution in [3.8, 4) is 67.4 Å². The van der Waals surface area contributed by atoms with Crippen molar-refractivity contribution < 1.29 is 87.8 Å². The monoisotopic (exact) mass is 1300 g/mol. The summed E-state index contributed by atoms with van der Waals surface area (Å²) in [5.41, 5.74) is 9.44. The Hall–Kier alpha value is -10.3. The number of furan rings is 2. The van der Waals surface area contributed by atoms with Crippen molar-refractivity contribution >= 4 is 98.9 Å². The minimum Gasteiger partial charge on any atom is -0.870 e. The molecule has 12 rings (SSSR count). The van der Waals surface area contributed by atoms with Crippen LogP contribution in [0.25, 0.3) is 111 Å². The number of esters is 1. The fourth-order valence-corrected chi connectivity index (χ4v) is 12.3. The molecule has 0 saturated carbocycles. The normalized spacial score (nSPS) is 11.4. The molecule has 8 aromatic carbocycles. The van der Waals surface area contributed by atoms with Gasteiger partial charge in [-0.1, -0.05) is 72.8 Å². The number of hydrogen-bond acceptors (Lipinski definition) is 12. The van der Waals surface area contributed by atoms with E-state index in [1.807, 2.05) is 108 Å². The fourth-order valence-electron chi connectivity index (χ4n) is 11.3. The Morgan fingerprint density at radius 3 is 1.28 bits per heavy atom. The van der Waals surface area contributed by atoms with Crippen LogP contribution in [0.3, 0.4) is 0 Å². The van der Waals surface area contributed by atoms with Crippen LogP contribution in [0.2, 0.25) is 0 Å². The number of carbonyl (C=O) groups excluding carboxylic acids is 3. The minimum atomic E-state index is -3.73. The third-order valence-electron chi connectivity index (χ3n) is 15.9. The van der Waals surface area contributed by atoms with Gasteiger partial charge in [-0.05, 0) is 126 Å². The van der Waals surface area contributed by atoms with Gasteiger partial charge in [-0.15, -0.1) is 0 Å². The molecule has 12 aromatic rings. The van der Waals surface area contributed by atoms with Crippen LogP contribution in [0.5, 0.6) is 0 Å². The van der Waals surface area contributed by atoms with Gasteiger partial charge in [0.05, 0.1) is 41.6 Å². The molecule has 0 atom stereocenters. The standard InChI is InChI=1S/C36H32FN3O6S.C34H28FN3O6S.Li.H2O/c1-5-45-33(41)21-40-29-12-7-6-9-25(29)18-30(40)24-11-8-10-23(17-24)27-19-28-32(20-31(27)39(3)47(4,43)44)46-35(34(28)36(42)38-2)22-13-15-26(37)16-14-22;1-36-34(41)32-26-17-25(29(37(2)45(3,42)43)18-30(26)44-33(32)20-11-13-24(35)14-12-20)21-8-6-9-22(15-21)28-16-23-7-4-5-10-27(23)38(28)19-31(39)40;;/h6-20H,5,21H2,1-4H3,(H,38,42);4-18H,19H2,1-3H3,(H,36,41)(H,39,40);;1H2/q;;+1;/p-1. The quantitative estimate of drug-likeness (QED) is 0.0567. The van der Waals surface area contributed by atoms with E-state index in [-0.39, 0.29) is 83.8 Å². The number of anilines is 2. The summed E-state index contributed by atoms with van der Waals surface area (Å²) >= 11 is 0. The van der Waals surface area contributed by atoms with Gasteiger partial charge in [0.2, 0.25) is 20.0 Å². The molecule has 2 amide bonds. The van der Waals surface area contributed by atoms with Gasteiger partial charge in [0.25, 0.3) is 11.8 Å². The van der Waals surface area contributed by atoms with E-state index in [1.165, 1.54) is 76.7 Å². The second-order valence-corrected chi connectivity index (χ2v) is 25.7. The Balaban J connectivity index is 0.000000217. The number of nitrogens with zero attached hydrogens (tertiary/aromatic N) is 4. The van der Waals surface area contributed by atoms with Gasteiger partial charge in [0.15, 0.2) is 0 Å². The molecule has 0 fully saturated rings. The number of fused-ring (bicyclic) bond motifs is 4. The number of rotatable bonds is 17. The SMILES string of the molecule is CCOC(=O)Cn1c(-c2cccc(-c3cc4c(C(=O)NC)c(-c5ccc(F)cc5)oc4cc3N(C)S(C)(=O)=O)c2)cc2ccccc21.CNC(=O)c1c(-c2ccc(F)cc2)oc2cc(N(C)S(C)(=O)=O)c(-c3cccc(-c4cc5ccccc5n4CC(=O)O)c3)cc12.[Li+].[OH-]. The number of carbonyl (C=O) groups is 4. The molecule has 0 radical (unpaired) electrons. The third-order valence-corrected chi connectivity index (χ3v) is 18.2. The van der Waals surface area contributed by atoms with Crippen molar-refractivity contribution in [2.24, 2.45) is 0 Å². The molecule has 0 bridgehead atoms. The molecule has 0 saturated heterocycles. The molecule has 0 aliphatic heterocycles. The molecule has 0 aliphatic carbocycles. The molecular weight excluding hydrogens is 1240 g/mol. The largest absolute Gasteiger partial charge is 1.00 e. The molecule has 0 unspecified atom stereocenters. The molecule has 24 heteroatoms. The summed E-state index contributed by atoms with van der Waals surface area (Å²) < 4.78 is 102. The first-order valence-electron chi connectivity index (χ1n) is 28.8. The molecule has 4 aromatic heterocycles. The second kappa shape index (κ2) is 27.5. The smallest absolute Gasteiger partial charge is 0.870 e. The zero-order valence-corrected chi connectivity index (χ0v) is 53.8. The zero-order chi connectivity index (χ0) is 65.5. The van der Waals surface area contributed by atoms with E-state index >= 15 is 0 Å². The molecule has 94 heavy (non-hydrogen) atoms. The number of ether oxygens (including phenoxy) is 1. The topological polar surface area (TPSA) is 263 Å². The van der Waals surface area contributed by atoms with Gasteiger partial charge >= 0.3 is 30.8 Å². The first-order chi connectivity index (χ1) is 43.9. The van der Waals surface area contributed by atoms with Crippen molar-refractivity contribution in [3.63, 3.8) is 0 Å². The predicted octanol–water partition coefficient (Wildman–Crippen LogP) is 10.0. The van der Waals surface area contributed by atoms with E-state index < -0.39 is 49.5 Å². The molecular formula is C70H61F2LiN6O13S2. The van der Waals surface area contributed by atoms with Crippen LogP contribution < -0.4 is 38.1 Å². The number of benzene rings is 8. The second-order valence-electron chi connectivity index (χ2n) is 21.7. The molecule has 0 aliphatic rings. The summed E-state index contributed by atoms with van der Waals surface area (Å²) in [6.07, 6.45) is 2.19. The van der Waals surface area contributed by atoms with Crippen LogP contribution in [0, 0.1) is 11.6 Å². The van der Waals surface area contributed by atoms with E-state index in [9.17, 15) is 49.9 Å². The molecule has 476 valence electrons. The maximum absolute atomic E-state index is 13.8. The van der Waals surface area contributed by atoms with E-state index in [4.69, 9.17) is 13.6 Å². The number of hydrogen-bond donors (Lipinski definition) is 3. The minimum absolute atomic E-state index is 0. The molecule has 4 N–H and O–H groups in total. The molecule has 0 spiro atoms. The maximum Gasteiger partial charge on any atom is 1.00 e. The van der Waals surface area contributed by atoms with Crippen molar-refractivity contribution in [2.45, 2.75) is 20.0 Å². The summed E-state index contributed by atoms with van der Waals surface area (Å²) in [5.74, 6) is -2.67. The Kier molecular flexibility index (Phi) is 19.9. The van der Waals surface area contributed by atoms with Crippen molar-refractivity contribution in [1.29, 1.82) is 0 Å². The van der Waals surface area contributed by atoms with E-state index in [0.29, 0.717) is 66.8 Å². The Labute approximate surface area is 551 Å². The summed E-state index contributed by atoms with van der Waals surface area (Å²) in [6.45, 7) is 1.77. The predicted molar refractivity (Wildman–Crippen MR) is 355 cm³/mol. The van der Waals surface area contributed by atoms with Gasteiger partial charge in [0, 0.05) is 107 Å². The fraction of sp³-hybridized carbons (Fsp3) is 0.143. The number of halogens is 2. The number of amides is 2. The molecule has 19 nitrogen and oxygen atoms in total. The Morgan fingerprint density at radius 1 is 0.521 bits per heavy atom. The van der Waals surface area contributed by atoms with Crippen LogP contribution in [-0.4, -0.2) is 108 Å². The van der Waals surface area contributed by atoms with E-state index in [0.717, 1.165) is 54.2 Å². The average molecular weight is 1300 g/mol. The molecule has 4 heterocycles. The number of carboxylic acid groups (broad SMARTS) is 1. The van der Waals surface area contributed by atoms with E-state index in [1.54, 1.807) is 41.8 Å². The van der Waals surface area contributed by atoms with E-state index in [2.05, 4.69) is 10.6 Å². The number of aliphatic carboxylic acids is 1. The third kappa shape index (κ3) is 13.5. The van der Waals surface area contributed by atoms with Gasteiger partial charge in [-0.25, -0.2) is 25.6 Å². The number of nitrogens with one attached hydrogen (secondary N) is 2. The summed E-state index contributed by atoms with van der Waals surface area (Å²) in [7, 11) is -1.59. The van der Waals surface area contributed by atoms with Gasteiger partial charge in [-0.2, -0.15) is 0 Å². The van der Waals surface area contributed by atoms with Crippen LogP contribution >= 0.6 is 0 Å². The van der Waals surface area contributed by atoms with Crippen LogP contribution in [0.4, 0.5) is 20.2 Å². The number of sulfonamides is 2. The van der Waals surface area contributed by atoms with Crippen molar-refractivity contribution in [1.82, 2.24) is 19.8 Å². The van der Waals surface area contributed by atoms with Crippen molar-refractivity contribution in [3.05, 3.63) is 205 Å². The maximum atomic E-state index is 13.8. The number of aromatic nitrogens is 2. The average Bonchev–Trinajstić information content (AvgIpc) is 1.56. The van der Waals surface area contributed by atoms with Crippen molar-refractivity contribution in [2.75, 3.05) is 55.9 Å². The summed E-state index contributed by atoms with van der Waals surface area (Å²) in [4.78, 5) is 50.9. The first-order valence-corrected chi connectivity index (χ1v) is 32.5. The zero-order valence-electron chi connectivity index (χ0n) is 52.2. The number of para-hydroxylation sites is 2. The Bertz CT molecular complexity index is 5160.